The minimum Gasteiger partial charge on any atom is -0.347 e. The lowest BCUT2D eigenvalue weighted by molar-refractivity contribution is 0.0935. The van der Waals surface area contributed by atoms with Gasteiger partial charge in [-0.15, -0.1) is 5.10 Å². The molecule has 0 aromatic carbocycles. The number of nitrogens with two attached hydrogens (primary N) is 1. The number of rotatable bonds is 3. The first-order chi connectivity index (χ1) is 6.63. The van der Waals surface area contributed by atoms with E-state index < -0.39 is 0 Å². The van der Waals surface area contributed by atoms with Crippen LogP contribution in [0.15, 0.2) is 12.1 Å². The number of amides is 1. The molecule has 1 aromatic rings. The molecule has 0 radical (unpaired) electrons. The Morgan fingerprint density at radius 1 is 1.57 bits per heavy atom. The lowest BCUT2D eigenvalue weighted by Crippen LogP contribution is -2.38. The summed E-state index contributed by atoms with van der Waals surface area (Å²) in [5.41, 5.74) is 6.47. The van der Waals surface area contributed by atoms with E-state index in [-0.39, 0.29) is 11.9 Å². The monoisotopic (exact) mass is 194 g/mol. The zero-order valence-electron chi connectivity index (χ0n) is 8.32. The first kappa shape index (κ1) is 10.6. The van der Waals surface area contributed by atoms with Crippen LogP contribution < -0.4 is 11.1 Å². The Morgan fingerprint density at radius 3 is 2.79 bits per heavy atom. The van der Waals surface area contributed by atoms with Gasteiger partial charge in [-0.1, -0.05) is 0 Å². The molecule has 0 fully saturated rings. The number of carbonyl (C=O) groups is 1. The Bertz CT molecular complexity index is 309. The smallest absolute Gasteiger partial charge is 0.272 e. The number of hydrogen-bond donors (Lipinski definition) is 2. The lowest BCUT2D eigenvalue weighted by Gasteiger charge is -2.09. The normalized spacial score (nSPS) is 12.2. The van der Waals surface area contributed by atoms with Gasteiger partial charge in [0.2, 0.25) is 0 Å². The van der Waals surface area contributed by atoms with Crippen molar-refractivity contribution < 1.29 is 4.79 Å². The van der Waals surface area contributed by atoms with Crippen LogP contribution in [0, 0.1) is 6.92 Å². The highest BCUT2D eigenvalue weighted by atomic mass is 16.2. The quantitative estimate of drug-likeness (QED) is 0.702. The number of aryl methyl sites for hydroxylation is 1. The van der Waals surface area contributed by atoms with Gasteiger partial charge in [-0.05, 0) is 26.0 Å². The van der Waals surface area contributed by atoms with Crippen LogP contribution in [0.5, 0.6) is 0 Å². The summed E-state index contributed by atoms with van der Waals surface area (Å²) >= 11 is 0. The first-order valence-corrected chi connectivity index (χ1v) is 4.44. The third kappa shape index (κ3) is 2.77. The maximum absolute atomic E-state index is 11.5. The van der Waals surface area contributed by atoms with Crippen molar-refractivity contribution in [2.75, 3.05) is 6.54 Å². The summed E-state index contributed by atoms with van der Waals surface area (Å²) in [5, 5.41) is 10.3. The SMILES string of the molecule is Cc1ccc(C(=O)NC(C)CN)nn1. The van der Waals surface area contributed by atoms with Crippen LogP contribution in [-0.4, -0.2) is 28.7 Å². The van der Waals surface area contributed by atoms with Crippen molar-refractivity contribution in [2.45, 2.75) is 19.9 Å². The third-order valence-corrected chi connectivity index (χ3v) is 1.76. The van der Waals surface area contributed by atoms with Crippen LogP contribution >= 0.6 is 0 Å². The predicted octanol–water partition coefficient (Wildman–Crippen LogP) is -0.138. The molecular weight excluding hydrogens is 180 g/mol. The summed E-state index contributed by atoms with van der Waals surface area (Å²) < 4.78 is 0. The van der Waals surface area contributed by atoms with Crippen LogP contribution in [0.3, 0.4) is 0 Å². The average molecular weight is 194 g/mol. The van der Waals surface area contributed by atoms with E-state index in [1.807, 2.05) is 13.8 Å². The van der Waals surface area contributed by atoms with E-state index in [2.05, 4.69) is 15.5 Å². The highest BCUT2D eigenvalue weighted by Gasteiger charge is 2.09. The molecule has 5 heteroatoms. The summed E-state index contributed by atoms with van der Waals surface area (Å²) in [6.07, 6.45) is 0. The molecular formula is C9H14N4O. The van der Waals surface area contributed by atoms with E-state index in [9.17, 15) is 4.79 Å². The standard InChI is InChI=1S/C9H14N4O/c1-6-3-4-8(13-12-6)9(14)11-7(2)5-10/h3-4,7H,5,10H2,1-2H3,(H,11,14). The molecule has 76 valence electrons. The highest BCUT2D eigenvalue weighted by Crippen LogP contribution is 1.95. The largest absolute Gasteiger partial charge is 0.347 e. The first-order valence-electron chi connectivity index (χ1n) is 4.44. The molecule has 1 heterocycles. The third-order valence-electron chi connectivity index (χ3n) is 1.76. The van der Waals surface area contributed by atoms with Gasteiger partial charge in [-0.3, -0.25) is 4.79 Å². The summed E-state index contributed by atoms with van der Waals surface area (Å²) in [5.74, 6) is -0.240. The highest BCUT2D eigenvalue weighted by molar-refractivity contribution is 5.92. The number of hydrogen-bond acceptors (Lipinski definition) is 4. The molecule has 1 amide bonds. The number of nitrogens with zero attached hydrogens (tertiary/aromatic N) is 2. The minimum atomic E-state index is -0.240. The number of aromatic nitrogens is 2. The number of nitrogens with one attached hydrogen (secondary N) is 1. The van der Waals surface area contributed by atoms with Crippen LogP contribution in [0.2, 0.25) is 0 Å². The molecule has 5 nitrogen and oxygen atoms in total. The Hall–Kier alpha value is -1.49. The molecule has 1 rings (SSSR count). The lowest BCUT2D eigenvalue weighted by atomic mass is 10.3. The van der Waals surface area contributed by atoms with Crippen LogP contribution in [0.25, 0.3) is 0 Å². The van der Waals surface area contributed by atoms with E-state index in [1.165, 1.54) is 0 Å². The maximum Gasteiger partial charge on any atom is 0.272 e. The molecule has 0 aliphatic carbocycles. The van der Waals surface area contributed by atoms with E-state index in [0.29, 0.717) is 12.2 Å². The van der Waals surface area contributed by atoms with Crippen molar-refractivity contribution in [1.29, 1.82) is 0 Å². The van der Waals surface area contributed by atoms with Gasteiger partial charge in [-0.25, -0.2) is 0 Å². The van der Waals surface area contributed by atoms with Crippen molar-refractivity contribution >= 4 is 5.91 Å². The van der Waals surface area contributed by atoms with Gasteiger partial charge in [0.1, 0.15) is 0 Å². The molecule has 1 atom stereocenters. The second-order valence-electron chi connectivity index (χ2n) is 3.17. The summed E-state index contributed by atoms with van der Waals surface area (Å²) in [6.45, 7) is 4.06. The van der Waals surface area contributed by atoms with Crippen molar-refractivity contribution in [3.05, 3.63) is 23.5 Å². The van der Waals surface area contributed by atoms with E-state index in [1.54, 1.807) is 12.1 Å². The van der Waals surface area contributed by atoms with Crippen molar-refractivity contribution in [3.63, 3.8) is 0 Å². The predicted molar refractivity (Wildman–Crippen MR) is 52.8 cm³/mol. The molecule has 0 saturated carbocycles. The summed E-state index contributed by atoms with van der Waals surface area (Å²) in [6, 6.07) is 3.33. The fraction of sp³-hybridized carbons (Fsp3) is 0.444. The molecule has 0 aliphatic rings. The average Bonchev–Trinajstić information content (AvgIpc) is 2.18. The molecule has 0 aliphatic heterocycles. The summed E-state index contributed by atoms with van der Waals surface area (Å²) in [7, 11) is 0. The van der Waals surface area contributed by atoms with Gasteiger partial charge in [0.15, 0.2) is 5.69 Å². The minimum absolute atomic E-state index is 0.0504. The zero-order chi connectivity index (χ0) is 10.6. The molecule has 0 spiro atoms. The molecule has 3 N–H and O–H groups in total. The van der Waals surface area contributed by atoms with Crippen molar-refractivity contribution in [1.82, 2.24) is 15.5 Å². The molecule has 1 unspecified atom stereocenters. The molecule has 0 saturated heterocycles. The van der Waals surface area contributed by atoms with Gasteiger partial charge in [0.05, 0.1) is 5.69 Å². The molecule has 14 heavy (non-hydrogen) atoms. The second-order valence-corrected chi connectivity index (χ2v) is 3.17. The van der Waals surface area contributed by atoms with Gasteiger partial charge in [0.25, 0.3) is 5.91 Å². The maximum atomic E-state index is 11.5. The van der Waals surface area contributed by atoms with E-state index in [0.717, 1.165) is 5.69 Å². The van der Waals surface area contributed by atoms with Gasteiger partial charge in [0, 0.05) is 12.6 Å². The van der Waals surface area contributed by atoms with Crippen LogP contribution in [-0.2, 0) is 0 Å². The van der Waals surface area contributed by atoms with E-state index in [4.69, 9.17) is 5.73 Å². The topological polar surface area (TPSA) is 80.9 Å². The molecule has 1 aromatic heterocycles. The van der Waals surface area contributed by atoms with Crippen LogP contribution in [0.4, 0.5) is 0 Å². The Morgan fingerprint density at radius 2 is 2.29 bits per heavy atom. The van der Waals surface area contributed by atoms with Crippen molar-refractivity contribution in [3.8, 4) is 0 Å². The Labute approximate surface area is 82.7 Å². The zero-order valence-corrected chi connectivity index (χ0v) is 8.32. The number of carbonyl (C=O) groups excluding carboxylic acids is 1. The second kappa shape index (κ2) is 4.66. The molecule has 0 bridgehead atoms. The van der Waals surface area contributed by atoms with Gasteiger partial charge < -0.3 is 11.1 Å². The fourth-order valence-electron chi connectivity index (χ4n) is 0.877. The van der Waals surface area contributed by atoms with Crippen LogP contribution in [0.1, 0.15) is 23.1 Å². The van der Waals surface area contributed by atoms with Crippen molar-refractivity contribution in [2.24, 2.45) is 5.73 Å². The van der Waals surface area contributed by atoms with Gasteiger partial charge >= 0.3 is 0 Å². The Balaban J connectivity index is 2.65. The Kier molecular flexibility index (Phi) is 3.53. The van der Waals surface area contributed by atoms with E-state index >= 15 is 0 Å². The van der Waals surface area contributed by atoms with Gasteiger partial charge in [-0.2, -0.15) is 5.10 Å². The fourth-order valence-corrected chi connectivity index (χ4v) is 0.877. The summed E-state index contributed by atoms with van der Waals surface area (Å²) in [4.78, 5) is 11.5.